The van der Waals surface area contributed by atoms with Gasteiger partial charge in [-0.05, 0) is 40.0 Å². The molecule has 0 bridgehead atoms. The molecule has 0 saturated heterocycles. The van der Waals surface area contributed by atoms with E-state index in [0.29, 0.717) is 12.8 Å². The lowest BCUT2D eigenvalue weighted by molar-refractivity contribution is -0.144. The molecule has 0 heterocycles. The van der Waals surface area contributed by atoms with Crippen molar-refractivity contribution in [3.8, 4) is 0 Å². The highest BCUT2D eigenvalue weighted by Crippen LogP contribution is 2.59. The van der Waals surface area contributed by atoms with E-state index in [1.165, 1.54) is 0 Å². The topological polar surface area (TPSA) is 251 Å². The van der Waals surface area contributed by atoms with E-state index in [1.54, 1.807) is 27.7 Å². The zero-order chi connectivity index (χ0) is 31.1. The normalized spacial score (nSPS) is 15.3. The van der Waals surface area contributed by atoms with E-state index >= 15 is 0 Å². The Hall–Kier alpha value is -1.14. The summed E-state index contributed by atoms with van der Waals surface area (Å²) in [5.74, 6) is -4.49. The number of carbonyl (C=O) groups is 3. The van der Waals surface area contributed by atoms with E-state index in [9.17, 15) is 37.9 Å². The minimum absolute atomic E-state index is 0.0465. The minimum Gasteiger partial charge on any atom is -0.481 e. The van der Waals surface area contributed by atoms with Gasteiger partial charge in [0.1, 0.15) is 0 Å². The van der Waals surface area contributed by atoms with Gasteiger partial charge in [-0.2, -0.15) is 0 Å². The number of carbonyl (C=O) groups excluding carboxylic acids is 1. The Kier molecular flexibility index (Phi) is 18.8. The third-order valence-electron chi connectivity index (χ3n) is 5.51. The molecule has 0 aliphatic rings. The Morgan fingerprint density at radius 3 is 1.56 bits per heavy atom. The molecule has 18 heteroatoms. The van der Waals surface area contributed by atoms with Gasteiger partial charge in [0.2, 0.25) is 0 Å². The van der Waals surface area contributed by atoms with Crippen molar-refractivity contribution in [3.63, 3.8) is 0 Å². The highest BCUT2D eigenvalue weighted by molar-refractivity contribution is 7.56. The number of carboxylic acid groups (broad SMARTS) is 2. The van der Waals surface area contributed by atoms with Crippen LogP contribution < -0.4 is 0 Å². The van der Waals surface area contributed by atoms with E-state index < -0.39 is 70.0 Å². The van der Waals surface area contributed by atoms with Crippen molar-refractivity contribution >= 4 is 40.7 Å². The first-order chi connectivity index (χ1) is 17.8. The summed E-state index contributed by atoms with van der Waals surface area (Å²) < 4.78 is 50.7. The number of aliphatic carboxylic acids is 2. The van der Waals surface area contributed by atoms with Gasteiger partial charge in [-0.1, -0.05) is 39.5 Å². The van der Waals surface area contributed by atoms with Crippen molar-refractivity contribution in [1.29, 1.82) is 0 Å². The lowest BCUT2D eigenvalue weighted by Crippen LogP contribution is -2.43. The second-order valence-electron chi connectivity index (χ2n) is 8.42. The standard InChI is InChI=1S/C12H25O5P.C9H18O10P2/c1-5-9-10-11(12(13)15-6-2)18(14,16-7-3)17-8-4;1-2-3-4-9(8(12)13,21(17,18)19)5-6(7(10)11)20(14,15)16/h11H,5-10H2,1-4H3;6H,2-5H2,1H3,(H,10,11)(H,12,13)(H2,14,15,16)(H2,17,18,19). The van der Waals surface area contributed by atoms with E-state index in [0.717, 1.165) is 12.8 Å². The van der Waals surface area contributed by atoms with Crippen LogP contribution in [-0.4, -0.2) is 84.0 Å². The van der Waals surface area contributed by atoms with Crippen LogP contribution in [0.4, 0.5) is 0 Å². The van der Waals surface area contributed by atoms with Crippen molar-refractivity contribution in [2.75, 3.05) is 19.8 Å². The Balaban J connectivity index is 0. The smallest absolute Gasteiger partial charge is 0.344 e. The maximum Gasteiger partial charge on any atom is 0.344 e. The molecule has 0 fully saturated rings. The van der Waals surface area contributed by atoms with Crippen LogP contribution in [0.15, 0.2) is 0 Å². The first-order valence-electron chi connectivity index (χ1n) is 12.5. The van der Waals surface area contributed by atoms with Crippen LogP contribution in [0.2, 0.25) is 0 Å². The average Bonchev–Trinajstić information content (AvgIpc) is 2.78. The molecule has 0 aromatic carbocycles. The molecule has 0 aromatic heterocycles. The molecule has 0 aliphatic heterocycles. The summed E-state index contributed by atoms with van der Waals surface area (Å²) in [6.07, 6.45) is 0.626. The van der Waals surface area contributed by atoms with Gasteiger partial charge in [0.05, 0.1) is 19.8 Å². The van der Waals surface area contributed by atoms with E-state index in [4.69, 9.17) is 33.8 Å². The number of unbranched alkanes of at least 4 members (excludes halogenated alkanes) is 2. The minimum atomic E-state index is -5.36. The first-order valence-corrected chi connectivity index (χ1v) is 17.4. The molecule has 6 N–H and O–H groups in total. The van der Waals surface area contributed by atoms with E-state index in [1.807, 2.05) is 6.92 Å². The lowest BCUT2D eigenvalue weighted by Gasteiger charge is -2.32. The van der Waals surface area contributed by atoms with Gasteiger partial charge < -0.3 is 43.6 Å². The van der Waals surface area contributed by atoms with E-state index in [-0.39, 0.29) is 26.2 Å². The fraction of sp³-hybridized carbons (Fsp3) is 0.857. The summed E-state index contributed by atoms with van der Waals surface area (Å²) in [4.78, 5) is 70.7. The van der Waals surface area contributed by atoms with Gasteiger partial charge in [-0.25, -0.2) is 0 Å². The first kappa shape index (κ1) is 40.0. The largest absolute Gasteiger partial charge is 0.481 e. The highest BCUT2D eigenvalue weighted by atomic mass is 31.2. The van der Waals surface area contributed by atoms with Crippen LogP contribution in [0.1, 0.15) is 79.6 Å². The molecule has 0 rings (SSSR count). The number of carboxylic acids is 2. The fourth-order valence-corrected chi connectivity index (χ4v) is 7.53. The number of hydrogen-bond acceptors (Lipinski definition) is 9. The summed E-state index contributed by atoms with van der Waals surface area (Å²) in [5.41, 5.74) is -3.31. The van der Waals surface area contributed by atoms with Crippen LogP contribution in [0, 0.1) is 0 Å². The van der Waals surface area contributed by atoms with Crippen LogP contribution in [0.3, 0.4) is 0 Å². The maximum absolute atomic E-state index is 12.6. The summed E-state index contributed by atoms with van der Waals surface area (Å²) in [6.45, 7) is 9.57. The SMILES string of the molecule is CCCCC(C(=O)OCC)P(=O)(OCC)OCC.CCCCC(CC(C(=O)O)P(=O)(O)O)(C(=O)O)P(=O)(O)O. The predicted molar refractivity (Wildman–Crippen MR) is 141 cm³/mol. The zero-order valence-corrected chi connectivity index (χ0v) is 25.6. The maximum atomic E-state index is 12.6. The van der Waals surface area contributed by atoms with Gasteiger partial charge in [0, 0.05) is 0 Å². The molecule has 3 unspecified atom stereocenters. The molecule has 3 atom stereocenters. The third kappa shape index (κ3) is 12.9. The van der Waals surface area contributed by atoms with Gasteiger partial charge in [0.25, 0.3) is 0 Å². The Bertz CT molecular complexity index is 902. The number of ether oxygens (including phenoxy) is 1. The molecule has 0 amide bonds. The summed E-state index contributed by atoms with van der Waals surface area (Å²) in [7, 11) is -14.1. The molecule has 0 spiro atoms. The van der Waals surface area contributed by atoms with Gasteiger partial charge >= 0.3 is 40.7 Å². The van der Waals surface area contributed by atoms with Crippen LogP contribution >= 0.6 is 22.8 Å². The van der Waals surface area contributed by atoms with Crippen LogP contribution in [0.25, 0.3) is 0 Å². The molecule has 232 valence electrons. The molecule has 0 saturated carbocycles. The molecule has 39 heavy (non-hydrogen) atoms. The quantitative estimate of drug-likeness (QED) is 0.0883. The molecular weight excluding hydrogens is 585 g/mol. The van der Waals surface area contributed by atoms with Crippen LogP contribution in [-0.2, 0) is 41.9 Å². The molecule has 0 aliphatic carbocycles. The predicted octanol–water partition coefficient (Wildman–Crippen LogP) is 3.57. The van der Waals surface area contributed by atoms with Gasteiger partial charge in [-0.3, -0.25) is 28.1 Å². The van der Waals surface area contributed by atoms with Gasteiger partial charge in [-0.15, -0.1) is 0 Å². The summed E-state index contributed by atoms with van der Waals surface area (Å²) in [5, 5.41) is 15.1. The molecular formula is C21H43O15P3. The number of esters is 1. The second-order valence-corrected chi connectivity index (χ2v) is 14.4. The molecule has 0 aromatic rings. The van der Waals surface area contributed by atoms with Crippen molar-refractivity contribution in [2.24, 2.45) is 0 Å². The molecule has 15 nitrogen and oxygen atoms in total. The lowest BCUT2D eigenvalue weighted by atomic mass is 9.95. The Labute approximate surface area is 228 Å². The van der Waals surface area contributed by atoms with Crippen molar-refractivity contribution < 1.29 is 71.6 Å². The summed E-state index contributed by atoms with van der Waals surface area (Å²) in [6, 6.07) is 0. The van der Waals surface area contributed by atoms with Crippen molar-refractivity contribution in [2.45, 2.75) is 96.0 Å². The summed E-state index contributed by atoms with van der Waals surface area (Å²) >= 11 is 0. The number of rotatable bonds is 19. The Morgan fingerprint density at radius 1 is 0.769 bits per heavy atom. The zero-order valence-electron chi connectivity index (χ0n) is 22.9. The van der Waals surface area contributed by atoms with Gasteiger partial charge in [0.15, 0.2) is 16.5 Å². The third-order valence-corrected chi connectivity index (χ3v) is 10.9. The van der Waals surface area contributed by atoms with Crippen LogP contribution in [0.5, 0.6) is 0 Å². The average molecular weight is 628 g/mol. The molecule has 0 radical (unpaired) electrons. The monoisotopic (exact) mass is 628 g/mol. The van der Waals surface area contributed by atoms with Crippen molar-refractivity contribution in [1.82, 2.24) is 0 Å². The highest BCUT2D eigenvalue weighted by Gasteiger charge is 2.57. The van der Waals surface area contributed by atoms with E-state index in [2.05, 4.69) is 0 Å². The van der Waals surface area contributed by atoms with Crippen molar-refractivity contribution in [3.05, 3.63) is 0 Å². The second kappa shape index (κ2) is 18.3. The number of hydrogen-bond donors (Lipinski definition) is 6. The fourth-order valence-electron chi connectivity index (χ4n) is 3.44. The Morgan fingerprint density at radius 2 is 1.26 bits per heavy atom.